The first kappa shape index (κ1) is 9.96. The fourth-order valence-corrected chi connectivity index (χ4v) is 2.37. The van der Waals surface area contributed by atoms with Crippen LogP contribution in [0.2, 0.25) is 0 Å². The van der Waals surface area contributed by atoms with E-state index in [0.717, 1.165) is 6.54 Å². The molecule has 0 aromatic rings. The molecule has 0 bridgehead atoms. The molecule has 3 heteroatoms. The van der Waals surface area contributed by atoms with Gasteiger partial charge in [-0.25, -0.2) is 0 Å². The molecule has 1 atom stereocenters. The average Bonchev–Trinajstić information content (AvgIpc) is 2.17. The maximum absolute atomic E-state index is 5.78. The zero-order chi connectivity index (χ0) is 9.03. The third kappa shape index (κ3) is 1.63. The van der Waals surface area contributed by atoms with E-state index in [0.29, 0.717) is 19.0 Å². The lowest BCUT2D eigenvalue weighted by Crippen LogP contribution is -2.48. The van der Waals surface area contributed by atoms with Crippen molar-refractivity contribution in [3.8, 4) is 0 Å². The highest BCUT2D eigenvalue weighted by molar-refractivity contribution is 4.91. The van der Waals surface area contributed by atoms with E-state index in [9.17, 15) is 0 Å². The SMILES string of the molecule is NCC1CCCCC1(CN)CN. The van der Waals surface area contributed by atoms with Crippen LogP contribution in [0.5, 0.6) is 0 Å². The fraction of sp³-hybridized carbons (Fsp3) is 1.00. The number of rotatable bonds is 3. The minimum Gasteiger partial charge on any atom is -0.330 e. The Morgan fingerprint density at radius 1 is 1.08 bits per heavy atom. The predicted octanol–water partition coefficient (Wildman–Crippen LogP) is 0.0391. The van der Waals surface area contributed by atoms with Crippen molar-refractivity contribution >= 4 is 0 Å². The molecule has 0 spiro atoms. The average molecular weight is 171 g/mol. The minimum absolute atomic E-state index is 0.160. The van der Waals surface area contributed by atoms with Crippen molar-refractivity contribution in [1.29, 1.82) is 0 Å². The maximum atomic E-state index is 5.78. The van der Waals surface area contributed by atoms with Crippen molar-refractivity contribution in [2.45, 2.75) is 25.7 Å². The summed E-state index contributed by atoms with van der Waals surface area (Å²) in [7, 11) is 0. The topological polar surface area (TPSA) is 78.1 Å². The van der Waals surface area contributed by atoms with Gasteiger partial charge in [-0.05, 0) is 43.8 Å². The van der Waals surface area contributed by atoms with Crippen LogP contribution < -0.4 is 17.2 Å². The zero-order valence-electron chi connectivity index (χ0n) is 7.76. The molecule has 6 N–H and O–H groups in total. The molecule has 0 aliphatic heterocycles. The molecule has 0 aromatic heterocycles. The molecule has 0 aromatic carbocycles. The van der Waals surface area contributed by atoms with Crippen LogP contribution in [0.4, 0.5) is 0 Å². The standard InChI is InChI=1S/C9H21N3/c10-5-8-3-1-2-4-9(8,6-11)7-12/h8H,1-7,10-12H2. The highest BCUT2D eigenvalue weighted by atomic mass is 14.7. The van der Waals surface area contributed by atoms with E-state index in [1.807, 2.05) is 0 Å². The zero-order valence-corrected chi connectivity index (χ0v) is 7.76. The van der Waals surface area contributed by atoms with Gasteiger partial charge < -0.3 is 17.2 Å². The molecule has 1 aliphatic rings. The van der Waals surface area contributed by atoms with E-state index < -0.39 is 0 Å². The molecule has 0 radical (unpaired) electrons. The molecule has 0 saturated heterocycles. The molecule has 0 amide bonds. The Bertz CT molecular complexity index is 132. The van der Waals surface area contributed by atoms with Crippen LogP contribution in [-0.2, 0) is 0 Å². The second-order valence-corrected chi connectivity index (χ2v) is 3.95. The molecule has 1 fully saturated rings. The fourth-order valence-electron chi connectivity index (χ4n) is 2.37. The van der Waals surface area contributed by atoms with Gasteiger partial charge in [-0.3, -0.25) is 0 Å². The molecule has 0 heterocycles. The lowest BCUT2D eigenvalue weighted by molar-refractivity contribution is 0.118. The Morgan fingerprint density at radius 3 is 2.17 bits per heavy atom. The summed E-state index contributed by atoms with van der Waals surface area (Å²) < 4.78 is 0. The summed E-state index contributed by atoms with van der Waals surface area (Å²) in [6.45, 7) is 2.14. The van der Waals surface area contributed by atoms with Gasteiger partial charge in [0.25, 0.3) is 0 Å². The Morgan fingerprint density at radius 2 is 1.75 bits per heavy atom. The van der Waals surface area contributed by atoms with Gasteiger partial charge in [0, 0.05) is 0 Å². The van der Waals surface area contributed by atoms with Crippen LogP contribution >= 0.6 is 0 Å². The molecule has 1 saturated carbocycles. The van der Waals surface area contributed by atoms with Crippen LogP contribution in [0.25, 0.3) is 0 Å². The predicted molar refractivity (Wildman–Crippen MR) is 51.6 cm³/mol. The van der Waals surface area contributed by atoms with Crippen molar-refractivity contribution in [3.63, 3.8) is 0 Å². The van der Waals surface area contributed by atoms with Crippen LogP contribution in [0, 0.1) is 11.3 Å². The molecule has 1 rings (SSSR count). The smallest absolute Gasteiger partial charge is 0.000529 e. The van der Waals surface area contributed by atoms with Gasteiger partial charge in [0.2, 0.25) is 0 Å². The first-order valence-corrected chi connectivity index (χ1v) is 4.89. The number of hydrogen-bond donors (Lipinski definition) is 3. The second-order valence-electron chi connectivity index (χ2n) is 3.95. The highest BCUT2D eigenvalue weighted by Crippen LogP contribution is 2.38. The molecule has 1 unspecified atom stereocenters. The summed E-state index contributed by atoms with van der Waals surface area (Å²) in [4.78, 5) is 0. The summed E-state index contributed by atoms with van der Waals surface area (Å²) in [5, 5.41) is 0. The largest absolute Gasteiger partial charge is 0.330 e. The van der Waals surface area contributed by atoms with Gasteiger partial charge in [-0.1, -0.05) is 12.8 Å². The Balaban J connectivity index is 2.66. The molecule has 3 nitrogen and oxygen atoms in total. The third-order valence-corrected chi connectivity index (χ3v) is 3.44. The van der Waals surface area contributed by atoms with E-state index in [-0.39, 0.29) is 5.41 Å². The summed E-state index contributed by atoms with van der Waals surface area (Å²) >= 11 is 0. The molecule has 12 heavy (non-hydrogen) atoms. The van der Waals surface area contributed by atoms with Crippen LogP contribution in [0.3, 0.4) is 0 Å². The monoisotopic (exact) mass is 171 g/mol. The Labute approximate surface area is 74.7 Å². The van der Waals surface area contributed by atoms with Crippen molar-refractivity contribution in [3.05, 3.63) is 0 Å². The van der Waals surface area contributed by atoms with Gasteiger partial charge >= 0.3 is 0 Å². The molecular formula is C9H21N3. The van der Waals surface area contributed by atoms with Crippen LogP contribution in [0.1, 0.15) is 25.7 Å². The van der Waals surface area contributed by atoms with E-state index in [2.05, 4.69) is 0 Å². The van der Waals surface area contributed by atoms with Crippen molar-refractivity contribution in [2.24, 2.45) is 28.5 Å². The van der Waals surface area contributed by atoms with Gasteiger partial charge in [0.05, 0.1) is 0 Å². The molecule has 1 aliphatic carbocycles. The Kier molecular flexibility index (Phi) is 3.50. The van der Waals surface area contributed by atoms with Crippen LogP contribution in [0.15, 0.2) is 0 Å². The van der Waals surface area contributed by atoms with Crippen molar-refractivity contribution in [2.75, 3.05) is 19.6 Å². The van der Waals surface area contributed by atoms with E-state index >= 15 is 0 Å². The molecular weight excluding hydrogens is 150 g/mol. The summed E-state index contributed by atoms with van der Waals surface area (Å²) in [6, 6.07) is 0. The lowest BCUT2D eigenvalue weighted by atomic mass is 9.66. The lowest BCUT2D eigenvalue weighted by Gasteiger charge is -2.42. The van der Waals surface area contributed by atoms with E-state index in [1.165, 1.54) is 25.7 Å². The second kappa shape index (κ2) is 4.21. The third-order valence-electron chi connectivity index (χ3n) is 3.44. The summed E-state index contributed by atoms with van der Waals surface area (Å²) in [5.41, 5.74) is 17.4. The summed E-state index contributed by atoms with van der Waals surface area (Å²) in [6.07, 6.45) is 4.95. The minimum atomic E-state index is 0.160. The van der Waals surface area contributed by atoms with Crippen molar-refractivity contribution < 1.29 is 0 Å². The van der Waals surface area contributed by atoms with Crippen molar-refractivity contribution in [1.82, 2.24) is 0 Å². The number of hydrogen-bond acceptors (Lipinski definition) is 3. The number of nitrogens with two attached hydrogens (primary N) is 3. The first-order chi connectivity index (χ1) is 5.79. The van der Waals surface area contributed by atoms with Crippen LogP contribution in [-0.4, -0.2) is 19.6 Å². The summed E-state index contributed by atoms with van der Waals surface area (Å²) in [5.74, 6) is 0.557. The molecule has 72 valence electrons. The van der Waals surface area contributed by atoms with Gasteiger partial charge in [-0.15, -0.1) is 0 Å². The highest BCUT2D eigenvalue weighted by Gasteiger charge is 2.37. The van der Waals surface area contributed by atoms with Gasteiger partial charge in [0.1, 0.15) is 0 Å². The quantitative estimate of drug-likeness (QED) is 0.561. The maximum Gasteiger partial charge on any atom is -0.000529 e. The first-order valence-electron chi connectivity index (χ1n) is 4.89. The van der Waals surface area contributed by atoms with Gasteiger partial charge in [0.15, 0.2) is 0 Å². The van der Waals surface area contributed by atoms with E-state index in [4.69, 9.17) is 17.2 Å². The normalized spacial score (nSPS) is 28.8. The Hall–Kier alpha value is -0.120. The van der Waals surface area contributed by atoms with Gasteiger partial charge in [-0.2, -0.15) is 0 Å². The van der Waals surface area contributed by atoms with E-state index in [1.54, 1.807) is 0 Å².